The van der Waals surface area contributed by atoms with Crippen molar-refractivity contribution in [1.82, 2.24) is 10.6 Å². The van der Waals surface area contributed by atoms with Gasteiger partial charge in [0.1, 0.15) is 18.5 Å². The van der Waals surface area contributed by atoms with Gasteiger partial charge in [-0.25, -0.2) is 0 Å². The molecule has 1 aromatic carbocycles. The lowest BCUT2D eigenvalue weighted by molar-refractivity contribution is 0.114. The Balaban J connectivity index is 0.00000529. The van der Waals surface area contributed by atoms with Crippen LogP contribution in [0.15, 0.2) is 29.3 Å². The minimum Gasteiger partial charge on any atom is -0.491 e. The highest BCUT2D eigenvalue weighted by Crippen LogP contribution is 2.12. The van der Waals surface area contributed by atoms with Crippen LogP contribution >= 0.6 is 24.0 Å². The summed E-state index contributed by atoms with van der Waals surface area (Å²) in [5, 5.41) is 16.5. The van der Waals surface area contributed by atoms with Crippen LogP contribution in [-0.4, -0.2) is 43.4 Å². The molecule has 1 unspecified atom stereocenters. The minimum atomic E-state index is -0.629. The number of hydrogen-bond donors (Lipinski definition) is 3. The summed E-state index contributed by atoms with van der Waals surface area (Å²) in [5.74, 6) is 2.16. The number of aliphatic hydroxyl groups excluding tert-OH is 1. The fraction of sp³-hybridized carbons (Fsp3) is 0.611. The Kier molecular flexibility index (Phi) is 12.7. The van der Waals surface area contributed by atoms with Crippen molar-refractivity contribution in [3.8, 4) is 5.75 Å². The smallest absolute Gasteiger partial charge is 0.191 e. The standard InChI is InChI=1S/C18H31N3O2.HI/c1-5-19-18(20-10-9-14(2)3)21-12-16(22)13-23-17-8-6-7-15(4)11-17;/h6-8,11,14,16,22H,5,9-10,12-13H2,1-4H3,(H2,19,20,21);1H. The predicted molar refractivity (Wildman–Crippen MR) is 112 cm³/mol. The summed E-state index contributed by atoms with van der Waals surface area (Å²) in [6.45, 7) is 10.6. The second-order valence-corrected chi connectivity index (χ2v) is 6.11. The van der Waals surface area contributed by atoms with Crippen molar-refractivity contribution in [2.24, 2.45) is 10.9 Å². The zero-order valence-electron chi connectivity index (χ0n) is 15.2. The van der Waals surface area contributed by atoms with E-state index in [1.165, 1.54) is 0 Å². The molecule has 0 aliphatic carbocycles. The van der Waals surface area contributed by atoms with Crippen molar-refractivity contribution in [3.05, 3.63) is 29.8 Å². The summed E-state index contributed by atoms with van der Waals surface area (Å²) >= 11 is 0. The van der Waals surface area contributed by atoms with E-state index in [1.54, 1.807) is 0 Å². The Morgan fingerprint density at radius 1 is 1.29 bits per heavy atom. The largest absolute Gasteiger partial charge is 0.491 e. The second-order valence-electron chi connectivity index (χ2n) is 6.11. The van der Waals surface area contributed by atoms with Gasteiger partial charge in [-0.3, -0.25) is 4.99 Å². The summed E-state index contributed by atoms with van der Waals surface area (Å²) in [7, 11) is 0. The first kappa shape index (κ1) is 23.0. The van der Waals surface area contributed by atoms with Gasteiger partial charge in [-0.15, -0.1) is 24.0 Å². The topological polar surface area (TPSA) is 65.9 Å². The van der Waals surface area contributed by atoms with Gasteiger partial charge in [0.15, 0.2) is 5.96 Å². The normalized spacial score (nSPS) is 12.5. The maximum atomic E-state index is 10.0. The number of rotatable bonds is 9. The number of nitrogens with one attached hydrogen (secondary N) is 2. The molecule has 24 heavy (non-hydrogen) atoms. The molecule has 0 aliphatic rings. The van der Waals surface area contributed by atoms with E-state index >= 15 is 0 Å². The molecule has 0 aromatic heterocycles. The lowest BCUT2D eigenvalue weighted by atomic mass is 10.1. The van der Waals surface area contributed by atoms with Crippen LogP contribution in [0.4, 0.5) is 0 Å². The maximum absolute atomic E-state index is 10.0. The van der Waals surface area contributed by atoms with E-state index in [9.17, 15) is 5.11 Å². The number of ether oxygens (including phenoxy) is 1. The summed E-state index contributed by atoms with van der Waals surface area (Å²) in [6, 6.07) is 7.80. The van der Waals surface area contributed by atoms with Crippen LogP contribution in [0.1, 0.15) is 32.8 Å². The van der Waals surface area contributed by atoms with Gasteiger partial charge < -0.3 is 20.5 Å². The molecule has 1 atom stereocenters. The number of hydrogen-bond acceptors (Lipinski definition) is 3. The average molecular weight is 449 g/mol. The zero-order chi connectivity index (χ0) is 17.1. The van der Waals surface area contributed by atoms with Gasteiger partial charge in [0.2, 0.25) is 0 Å². The Morgan fingerprint density at radius 3 is 2.67 bits per heavy atom. The van der Waals surface area contributed by atoms with Gasteiger partial charge in [0.25, 0.3) is 0 Å². The molecule has 0 amide bonds. The van der Waals surface area contributed by atoms with Crippen LogP contribution in [0.5, 0.6) is 5.75 Å². The van der Waals surface area contributed by atoms with Crippen molar-refractivity contribution >= 4 is 29.9 Å². The maximum Gasteiger partial charge on any atom is 0.191 e. The van der Waals surface area contributed by atoms with E-state index in [0.29, 0.717) is 12.5 Å². The van der Waals surface area contributed by atoms with Gasteiger partial charge in [-0.05, 0) is 43.9 Å². The Bertz CT molecular complexity index is 481. The molecular weight excluding hydrogens is 417 g/mol. The summed E-state index contributed by atoms with van der Waals surface area (Å²) in [6.07, 6.45) is 0.458. The van der Waals surface area contributed by atoms with Gasteiger partial charge in [-0.2, -0.15) is 0 Å². The van der Waals surface area contributed by atoms with Crippen molar-refractivity contribution in [2.45, 2.75) is 40.2 Å². The van der Waals surface area contributed by atoms with Crippen molar-refractivity contribution in [1.29, 1.82) is 0 Å². The molecule has 0 fully saturated rings. The highest BCUT2D eigenvalue weighted by Gasteiger charge is 2.06. The first-order chi connectivity index (χ1) is 11.0. The molecule has 3 N–H and O–H groups in total. The third kappa shape index (κ3) is 10.7. The van der Waals surface area contributed by atoms with E-state index in [2.05, 4.69) is 29.5 Å². The number of aliphatic imine (C=N–C) groups is 1. The number of nitrogens with zero attached hydrogens (tertiary/aromatic N) is 1. The molecule has 0 saturated carbocycles. The van der Waals surface area contributed by atoms with E-state index in [-0.39, 0.29) is 30.6 Å². The van der Waals surface area contributed by atoms with Crippen LogP contribution in [0.2, 0.25) is 0 Å². The fourth-order valence-electron chi connectivity index (χ4n) is 1.97. The van der Waals surface area contributed by atoms with Crippen LogP contribution < -0.4 is 15.4 Å². The fourth-order valence-corrected chi connectivity index (χ4v) is 1.97. The highest BCUT2D eigenvalue weighted by molar-refractivity contribution is 14.0. The van der Waals surface area contributed by atoms with Crippen molar-refractivity contribution in [2.75, 3.05) is 26.2 Å². The molecule has 0 heterocycles. The number of aryl methyl sites for hydroxylation is 1. The monoisotopic (exact) mass is 449 g/mol. The van der Waals surface area contributed by atoms with Crippen molar-refractivity contribution in [3.63, 3.8) is 0 Å². The van der Waals surface area contributed by atoms with E-state index in [4.69, 9.17) is 4.74 Å². The number of halogens is 1. The van der Waals surface area contributed by atoms with Gasteiger partial charge in [-0.1, -0.05) is 26.0 Å². The van der Waals surface area contributed by atoms with E-state index in [0.717, 1.165) is 36.8 Å². The molecule has 6 heteroatoms. The third-order valence-corrected chi connectivity index (χ3v) is 3.25. The first-order valence-corrected chi connectivity index (χ1v) is 8.41. The quantitative estimate of drug-likeness (QED) is 0.308. The Morgan fingerprint density at radius 2 is 2.04 bits per heavy atom. The van der Waals surface area contributed by atoms with Gasteiger partial charge >= 0.3 is 0 Å². The predicted octanol–water partition coefficient (Wildman–Crippen LogP) is 2.95. The molecule has 1 aromatic rings. The number of benzene rings is 1. The number of guanidine groups is 1. The van der Waals surface area contributed by atoms with Crippen LogP contribution in [0.25, 0.3) is 0 Å². The lowest BCUT2D eigenvalue weighted by Crippen LogP contribution is -2.39. The molecule has 5 nitrogen and oxygen atoms in total. The summed E-state index contributed by atoms with van der Waals surface area (Å²) in [5.41, 5.74) is 1.14. The highest BCUT2D eigenvalue weighted by atomic mass is 127. The zero-order valence-corrected chi connectivity index (χ0v) is 17.5. The molecule has 0 aliphatic heterocycles. The van der Waals surface area contributed by atoms with Gasteiger partial charge in [0.05, 0.1) is 6.54 Å². The molecule has 1 rings (SSSR count). The van der Waals surface area contributed by atoms with Gasteiger partial charge in [0, 0.05) is 13.1 Å². The van der Waals surface area contributed by atoms with Crippen molar-refractivity contribution < 1.29 is 9.84 Å². The minimum absolute atomic E-state index is 0. The Hall–Kier alpha value is -1.02. The second kappa shape index (κ2) is 13.3. The summed E-state index contributed by atoms with van der Waals surface area (Å²) in [4.78, 5) is 4.40. The van der Waals surface area contributed by atoms with Crippen LogP contribution in [0, 0.1) is 12.8 Å². The molecule has 0 radical (unpaired) electrons. The molecule has 0 saturated heterocycles. The lowest BCUT2D eigenvalue weighted by Gasteiger charge is -2.14. The van der Waals surface area contributed by atoms with Crippen LogP contribution in [-0.2, 0) is 0 Å². The summed E-state index contributed by atoms with van der Waals surface area (Å²) < 4.78 is 5.59. The van der Waals surface area contributed by atoms with E-state index in [1.807, 2.05) is 38.1 Å². The third-order valence-electron chi connectivity index (χ3n) is 3.25. The SMILES string of the molecule is CCNC(=NCC(O)COc1cccc(C)c1)NCCC(C)C.I. The van der Waals surface area contributed by atoms with E-state index < -0.39 is 6.10 Å². The molecule has 0 bridgehead atoms. The first-order valence-electron chi connectivity index (χ1n) is 8.41. The number of aliphatic hydroxyl groups is 1. The Labute approximate surface area is 163 Å². The average Bonchev–Trinajstić information content (AvgIpc) is 2.50. The van der Waals surface area contributed by atoms with Crippen LogP contribution in [0.3, 0.4) is 0 Å². The molecular formula is C18H32IN3O2. The molecule has 138 valence electrons. The molecule has 0 spiro atoms.